The molecule has 0 aromatic carbocycles. The number of rotatable bonds is 4. The minimum atomic E-state index is 0.513. The fourth-order valence-corrected chi connectivity index (χ4v) is 1.55. The molecule has 0 saturated heterocycles. The molecule has 1 aromatic heterocycles. The van der Waals surface area contributed by atoms with E-state index in [2.05, 4.69) is 9.97 Å². The van der Waals surface area contributed by atoms with Gasteiger partial charge in [-0.15, -0.1) is 0 Å². The van der Waals surface area contributed by atoms with E-state index in [1.165, 1.54) is 25.6 Å². The van der Waals surface area contributed by atoms with Crippen molar-refractivity contribution in [2.75, 3.05) is 12.3 Å². The molecular formula is C10H15N3O. The summed E-state index contributed by atoms with van der Waals surface area (Å²) in [6.45, 7) is 0.714. The van der Waals surface area contributed by atoms with Gasteiger partial charge in [-0.05, 0) is 12.3 Å². The Morgan fingerprint density at radius 3 is 3.00 bits per heavy atom. The van der Waals surface area contributed by atoms with Crippen LogP contribution in [0.15, 0.2) is 12.5 Å². The summed E-state index contributed by atoms with van der Waals surface area (Å²) in [5.74, 6) is 1.37. The van der Waals surface area contributed by atoms with Gasteiger partial charge in [0.2, 0.25) is 5.88 Å². The van der Waals surface area contributed by atoms with Crippen molar-refractivity contribution in [2.45, 2.75) is 25.7 Å². The molecule has 1 aromatic rings. The van der Waals surface area contributed by atoms with E-state index < -0.39 is 0 Å². The van der Waals surface area contributed by atoms with Crippen molar-refractivity contribution < 1.29 is 4.74 Å². The van der Waals surface area contributed by atoms with Crippen molar-refractivity contribution in [3.8, 4) is 5.88 Å². The van der Waals surface area contributed by atoms with Gasteiger partial charge in [0.05, 0.1) is 12.8 Å². The van der Waals surface area contributed by atoms with Crippen molar-refractivity contribution >= 4 is 5.69 Å². The van der Waals surface area contributed by atoms with Crippen LogP contribution in [-0.2, 0) is 0 Å². The van der Waals surface area contributed by atoms with Crippen LogP contribution in [0.2, 0.25) is 0 Å². The first-order valence-electron chi connectivity index (χ1n) is 5.04. The number of nitrogens with zero attached hydrogens (tertiary/aromatic N) is 2. The van der Waals surface area contributed by atoms with E-state index in [-0.39, 0.29) is 0 Å². The molecule has 0 unspecified atom stereocenters. The predicted octanol–water partition coefficient (Wildman–Crippen LogP) is 1.63. The van der Waals surface area contributed by atoms with Crippen molar-refractivity contribution in [3.63, 3.8) is 0 Å². The average molecular weight is 193 g/mol. The maximum atomic E-state index is 5.63. The van der Waals surface area contributed by atoms with Gasteiger partial charge in [-0.25, -0.2) is 9.97 Å². The molecule has 0 atom stereocenters. The highest BCUT2D eigenvalue weighted by Gasteiger charge is 2.17. The Balaban J connectivity index is 1.76. The summed E-state index contributed by atoms with van der Waals surface area (Å²) in [4.78, 5) is 7.76. The second kappa shape index (κ2) is 4.26. The van der Waals surface area contributed by atoms with E-state index in [1.54, 1.807) is 6.20 Å². The molecule has 1 aliphatic carbocycles. The maximum Gasteiger partial charge on any atom is 0.240 e. The number of ether oxygens (including phenoxy) is 1. The first-order valence-corrected chi connectivity index (χ1v) is 5.04. The van der Waals surface area contributed by atoms with Crippen LogP contribution >= 0.6 is 0 Å². The molecule has 14 heavy (non-hydrogen) atoms. The monoisotopic (exact) mass is 193 g/mol. The molecule has 1 saturated carbocycles. The van der Waals surface area contributed by atoms with Crippen LogP contribution in [0.5, 0.6) is 5.88 Å². The molecule has 4 nitrogen and oxygen atoms in total. The van der Waals surface area contributed by atoms with E-state index in [0.717, 1.165) is 12.3 Å². The minimum Gasteiger partial charge on any atom is -0.476 e. The molecule has 2 rings (SSSR count). The zero-order valence-corrected chi connectivity index (χ0v) is 8.15. The van der Waals surface area contributed by atoms with Gasteiger partial charge in [0, 0.05) is 0 Å². The molecule has 0 radical (unpaired) electrons. The number of nitrogens with two attached hydrogens (primary N) is 1. The Labute approximate surface area is 83.5 Å². The average Bonchev–Trinajstić information content (AvgIpc) is 2.12. The van der Waals surface area contributed by atoms with Gasteiger partial charge in [0.15, 0.2) is 0 Å². The van der Waals surface area contributed by atoms with Gasteiger partial charge in [0.25, 0.3) is 0 Å². The minimum absolute atomic E-state index is 0.513. The predicted molar refractivity (Wildman–Crippen MR) is 53.9 cm³/mol. The summed E-state index contributed by atoms with van der Waals surface area (Å²) in [7, 11) is 0. The summed E-state index contributed by atoms with van der Waals surface area (Å²) in [6, 6.07) is 0. The van der Waals surface area contributed by atoms with Crippen LogP contribution in [0.3, 0.4) is 0 Å². The Hall–Kier alpha value is -1.32. The standard InChI is InChI=1S/C10H15N3O/c11-9-6-12-7-13-10(9)14-5-4-8-2-1-3-8/h6-8H,1-5,11H2. The highest BCUT2D eigenvalue weighted by Crippen LogP contribution is 2.29. The van der Waals surface area contributed by atoms with E-state index in [9.17, 15) is 0 Å². The largest absolute Gasteiger partial charge is 0.476 e. The summed E-state index contributed by atoms with van der Waals surface area (Å²) >= 11 is 0. The lowest BCUT2D eigenvalue weighted by molar-refractivity contribution is 0.218. The zero-order valence-electron chi connectivity index (χ0n) is 8.15. The zero-order chi connectivity index (χ0) is 9.80. The number of nitrogen functional groups attached to an aromatic ring is 1. The molecule has 1 heterocycles. The summed E-state index contributed by atoms with van der Waals surface area (Å²) < 4.78 is 5.47. The van der Waals surface area contributed by atoms with E-state index >= 15 is 0 Å². The van der Waals surface area contributed by atoms with Crippen LogP contribution in [0, 0.1) is 5.92 Å². The Kier molecular flexibility index (Phi) is 2.81. The highest BCUT2D eigenvalue weighted by molar-refractivity contribution is 5.44. The van der Waals surface area contributed by atoms with Crippen molar-refractivity contribution in [2.24, 2.45) is 5.92 Å². The second-order valence-corrected chi connectivity index (χ2v) is 3.72. The second-order valence-electron chi connectivity index (χ2n) is 3.72. The SMILES string of the molecule is Nc1cncnc1OCCC1CCC1. The quantitative estimate of drug-likeness (QED) is 0.789. The fraction of sp³-hybridized carbons (Fsp3) is 0.600. The molecule has 0 amide bonds. The molecule has 4 heteroatoms. The molecular weight excluding hydrogens is 178 g/mol. The lowest BCUT2D eigenvalue weighted by atomic mass is 9.83. The van der Waals surface area contributed by atoms with E-state index in [4.69, 9.17) is 10.5 Å². The van der Waals surface area contributed by atoms with Crippen LogP contribution < -0.4 is 10.5 Å². The third-order valence-corrected chi connectivity index (χ3v) is 2.69. The van der Waals surface area contributed by atoms with Crippen LogP contribution in [-0.4, -0.2) is 16.6 Å². The number of aromatic nitrogens is 2. The molecule has 1 fully saturated rings. The van der Waals surface area contributed by atoms with Crippen molar-refractivity contribution in [1.29, 1.82) is 0 Å². The summed E-state index contributed by atoms with van der Waals surface area (Å²) in [5.41, 5.74) is 6.15. The third kappa shape index (κ3) is 2.13. The van der Waals surface area contributed by atoms with Gasteiger partial charge in [-0.3, -0.25) is 0 Å². The number of hydrogen-bond donors (Lipinski definition) is 1. The Morgan fingerprint density at radius 2 is 2.36 bits per heavy atom. The molecule has 0 spiro atoms. The molecule has 2 N–H and O–H groups in total. The van der Waals surface area contributed by atoms with E-state index in [0.29, 0.717) is 18.2 Å². The summed E-state index contributed by atoms with van der Waals surface area (Å²) in [6.07, 6.45) is 8.20. The topological polar surface area (TPSA) is 61.0 Å². The highest BCUT2D eigenvalue weighted by atomic mass is 16.5. The Bertz CT molecular complexity index is 299. The molecule has 1 aliphatic rings. The maximum absolute atomic E-state index is 5.63. The van der Waals surface area contributed by atoms with Gasteiger partial charge in [0.1, 0.15) is 12.0 Å². The van der Waals surface area contributed by atoms with Gasteiger partial charge in [-0.1, -0.05) is 19.3 Å². The van der Waals surface area contributed by atoms with Gasteiger partial charge >= 0.3 is 0 Å². The van der Waals surface area contributed by atoms with Gasteiger partial charge in [-0.2, -0.15) is 0 Å². The summed E-state index contributed by atoms with van der Waals surface area (Å²) in [5, 5.41) is 0. The number of hydrogen-bond acceptors (Lipinski definition) is 4. The molecule has 0 bridgehead atoms. The smallest absolute Gasteiger partial charge is 0.240 e. The molecule has 76 valence electrons. The first kappa shape index (κ1) is 9.24. The Morgan fingerprint density at radius 1 is 1.50 bits per heavy atom. The lowest BCUT2D eigenvalue weighted by Gasteiger charge is -2.24. The van der Waals surface area contributed by atoms with Crippen LogP contribution in [0.25, 0.3) is 0 Å². The fourth-order valence-electron chi connectivity index (χ4n) is 1.55. The van der Waals surface area contributed by atoms with Crippen molar-refractivity contribution in [3.05, 3.63) is 12.5 Å². The third-order valence-electron chi connectivity index (χ3n) is 2.69. The normalized spacial score (nSPS) is 16.3. The lowest BCUT2D eigenvalue weighted by Crippen LogP contribution is -2.15. The van der Waals surface area contributed by atoms with Crippen LogP contribution in [0.4, 0.5) is 5.69 Å². The number of anilines is 1. The van der Waals surface area contributed by atoms with Gasteiger partial charge < -0.3 is 10.5 Å². The van der Waals surface area contributed by atoms with Crippen molar-refractivity contribution in [1.82, 2.24) is 9.97 Å². The van der Waals surface area contributed by atoms with Crippen LogP contribution in [0.1, 0.15) is 25.7 Å². The molecule has 0 aliphatic heterocycles. The van der Waals surface area contributed by atoms with E-state index in [1.807, 2.05) is 0 Å². The first-order chi connectivity index (χ1) is 6.86.